The predicted octanol–water partition coefficient (Wildman–Crippen LogP) is 0.450. The van der Waals surface area contributed by atoms with Crippen LogP contribution in [0.3, 0.4) is 0 Å². The van der Waals surface area contributed by atoms with Gasteiger partial charge in [0.2, 0.25) is 0 Å². The number of hydrogen-bond acceptors (Lipinski definition) is 6. The number of ether oxygens (including phenoxy) is 2. The Morgan fingerprint density at radius 1 is 1.00 bits per heavy atom. The maximum absolute atomic E-state index is 11.7. The quantitative estimate of drug-likeness (QED) is 0.436. The van der Waals surface area contributed by atoms with Gasteiger partial charge >= 0.3 is 124 Å². The molecule has 19 heavy (non-hydrogen) atoms. The SMILES string of the molecule is CCOC(=O)C(CC([Se]C#N)C(=O)OCC)[Se]C#N. The van der Waals surface area contributed by atoms with Crippen LogP contribution in [0, 0.1) is 20.5 Å². The Morgan fingerprint density at radius 3 is 1.63 bits per heavy atom. The molecule has 0 bridgehead atoms. The second-order valence-electron chi connectivity index (χ2n) is 3.14. The average Bonchev–Trinajstić information content (AvgIpc) is 2.37. The van der Waals surface area contributed by atoms with Crippen molar-refractivity contribution in [2.45, 2.75) is 29.9 Å². The van der Waals surface area contributed by atoms with Crippen LogP contribution in [-0.2, 0) is 19.1 Å². The first-order chi connectivity index (χ1) is 9.10. The number of hydrogen-bond donors (Lipinski definition) is 0. The normalized spacial score (nSPS) is 12.6. The van der Waals surface area contributed by atoms with Crippen LogP contribution in [0.1, 0.15) is 20.3 Å². The minimum atomic E-state index is -0.623. The summed E-state index contributed by atoms with van der Waals surface area (Å²) in [5.74, 6) is -0.959. The number of nitrogens with zero attached hydrogens (tertiary/aromatic N) is 2. The Morgan fingerprint density at radius 2 is 1.37 bits per heavy atom. The summed E-state index contributed by atoms with van der Waals surface area (Å²) in [7, 11) is 0. The second-order valence-corrected chi connectivity index (χ2v) is 7.28. The molecular formula is C11H14N2O4Se2. The number of carbonyl (C=O) groups excluding carboxylic acids is 2. The molecule has 0 amide bonds. The predicted molar refractivity (Wildman–Crippen MR) is 68.1 cm³/mol. The molecule has 6 nitrogen and oxygen atoms in total. The molecule has 2 unspecified atom stereocenters. The minimum absolute atomic E-state index is 0.152. The van der Waals surface area contributed by atoms with E-state index < -0.39 is 51.5 Å². The van der Waals surface area contributed by atoms with Crippen LogP contribution >= 0.6 is 0 Å². The molecular weight excluding hydrogens is 382 g/mol. The molecule has 0 aromatic heterocycles. The molecule has 0 heterocycles. The van der Waals surface area contributed by atoms with Crippen LogP contribution in [0.2, 0.25) is 9.63 Å². The van der Waals surface area contributed by atoms with Crippen LogP contribution in [0.4, 0.5) is 0 Å². The first-order valence-corrected chi connectivity index (χ1v) is 9.22. The van der Waals surface area contributed by atoms with Crippen molar-refractivity contribution in [3.8, 4) is 9.94 Å². The van der Waals surface area contributed by atoms with Gasteiger partial charge in [0.1, 0.15) is 0 Å². The van der Waals surface area contributed by atoms with E-state index in [0.717, 1.165) is 0 Å². The van der Waals surface area contributed by atoms with Crippen LogP contribution in [-0.4, -0.2) is 55.1 Å². The summed E-state index contributed by atoms with van der Waals surface area (Å²) in [4.78, 5) is 26.0. The fraction of sp³-hybridized carbons (Fsp3) is 0.636. The average molecular weight is 396 g/mol. The first-order valence-electron chi connectivity index (χ1n) is 5.53. The summed E-state index contributed by atoms with van der Waals surface area (Å²) in [5.41, 5.74) is 0. The van der Waals surface area contributed by atoms with E-state index in [1.165, 1.54) is 0 Å². The third-order valence-corrected chi connectivity index (χ3v) is 5.17. The monoisotopic (exact) mass is 398 g/mol. The van der Waals surface area contributed by atoms with Gasteiger partial charge in [0.15, 0.2) is 0 Å². The van der Waals surface area contributed by atoms with E-state index in [4.69, 9.17) is 20.0 Å². The van der Waals surface area contributed by atoms with E-state index in [9.17, 15) is 9.59 Å². The Labute approximate surface area is 124 Å². The molecule has 104 valence electrons. The molecule has 8 heteroatoms. The van der Waals surface area contributed by atoms with E-state index >= 15 is 0 Å². The first kappa shape index (κ1) is 18.0. The molecule has 0 saturated carbocycles. The molecule has 0 aromatic rings. The van der Waals surface area contributed by atoms with E-state index in [1.807, 2.05) is 9.94 Å². The molecule has 0 aliphatic carbocycles. The summed E-state index contributed by atoms with van der Waals surface area (Å²) in [5, 5.41) is 17.5. The summed E-state index contributed by atoms with van der Waals surface area (Å²) in [6, 6.07) is 0. The number of nitriles is 2. The Bertz CT molecular complexity index is 353. The van der Waals surface area contributed by atoms with Gasteiger partial charge in [-0.1, -0.05) is 0 Å². The second kappa shape index (κ2) is 10.8. The summed E-state index contributed by atoms with van der Waals surface area (Å²) >= 11 is -1.22. The molecule has 2 atom stereocenters. The van der Waals surface area contributed by atoms with Crippen molar-refractivity contribution in [2.75, 3.05) is 13.2 Å². The Balaban J connectivity index is 4.75. The third-order valence-electron chi connectivity index (χ3n) is 1.92. The van der Waals surface area contributed by atoms with Crippen LogP contribution in [0.15, 0.2) is 0 Å². The summed E-state index contributed by atoms with van der Waals surface area (Å²) < 4.78 is 9.75. The van der Waals surface area contributed by atoms with Crippen molar-refractivity contribution in [3.05, 3.63) is 0 Å². The molecule has 0 rings (SSSR count). The molecule has 0 radical (unpaired) electrons. The van der Waals surface area contributed by atoms with Gasteiger partial charge in [-0.2, -0.15) is 0 Å². The van der Waals surface area contributed by atoms with Crippen molar-refractivity contribution in [1.29, 1.82) is 10.5 Å². The number of rotatable bonds is 8. The molecule has 0 aromatic carbocycles. The van der Waals surface area contributed by atoms with Gasteiger partial charge < -0.3 is 0 Å². The summed E-state index contributed by atoms with van der Waals surface area (Å²) in [6.45, 7) is 3.81. The van der Waals surface area contributed by atoms with Crippen molar-refractivity contribution >= 4 is 41.9 Å². The van der Waals surface area contributed by atoms with Crippen molar-refractivity contribution in [2.24, 2.45) is 0 Å². The van der Waals surface area contributed by atoms with Crippen LogP contribution in [0.5, 0.6) is 0 Å². The topological polar surface area (TPSA) is 100 Å². The van der Waals surface area contributed by atoms with Crippen molar-refractivity contribution in [1.82, 2.24) is 0 Å². The molecule has 0 aliphatic heterocycles. The zero-order valence-electron chi connectivity index (χ0n) is 10.6. The van der Waals surface area contributed by atoms with Crippen LogP contribution in [0.25, 0.3) is 0 Å². The van der Waals surface area contributed by atoms with Gasteiger partial charge in [0.05, 0.1) is 0 Å². The molecule has 0 saturated heterocycles. The van der Waals surface area contributed by atoms with Gasteiger partial charge in [-0.15, -0.1) is 0 Å². The standard InChI is InChI=1S/C11H14N2O4Se2/c1-3-16-10(14)8(18-6-12)5-9(19-7-13)11(15)17-4-2/h8-9H,3-5H2,1-2H3. The number of carbonyl (C=O) groups is 2. The molecule has 0 spiro atoms. The van der Waals surface area contributed by atoms with Gasteiger partial charge in [0.25, 0.3) is 0 Å². The molecule has 0 N–H and O–H groups in total. The van der Waals surface area contributed by atoms with Gasteiger partial charge in [-0.25, -0.2) is 0 Å². The van der Waals surface area contributed by atoms with E-state index in [-0.39, 0.29) is 19.6 Å². The van der Waals surface area contributed by atoms with Crippen molar-refractivity contribution in [3.63, 3.8) is 0 Å². The van der Waals surface area contributed by atoms with E-state index in [1.54, 1.807) is 13.8 Å². The van der Waals surface area contributed by atoms with Gasteiger partial charge in [0, 0.05) is 0 Å². The summed E-state index contributed by atoms with van der Waals surface area (Å²) in [6.07, 6.45) is 0.152. The molecule has 0 fully saturated rings. The molecule has 0 aliphatic rings. The van der Waals surface area contributed by atoms with Gasteiger partial charge in [-0.05, 0) is 0 Å². The fourth-order valence-electron chi connectivity index (χ4n) is 1.18. The fourth-order valence-corrected chi connectivity index (χ4v) is 4.23. The Hall–Kier alpha value is -1.04. The Kier molecular flexibility index (Phi) is 10.2. The zero-order chi connectivity index (χ0) is 14.7. The van der Waals surface area contributed by atoms with Crippen LogP contribution < -0.4 is 0 Å². The van der Waals surface area contributed by atoms with Gasteiger partial charge in [-0.3, -0.25) is 0 Å². The third kappa shape index (κ3) is 7.20. The van der Waals surface area contributed by atoms with Crippen molar-refractivity contribution < 1.29 is 19.1 Å². The zero-order valence-corrected chi connectivity index (χ0v) is 14.0. The van der Waals surface area contributed by atoms with E-state index in [0.29, 0.717) is 0 Å². The maximum atomic E-state index is 11.7. The van der Waals surface area contributed by atoms with E-state index in [2.05, 4.69) is 0 Å². The number of esters is 2.